The van der Waals surface area contributed by atoms with Crippen LogP contribution in [-0.4, -0.2) is 33.4 Å². The van der Waals surface area contributed by atoms with Gasteiger partial charge in [-0.25, -0.2) is 0 Å². The van der Waals surface area contributed by atoms with E-state index in [9.17, 15) is 19.5 Å². The molecule has 0 saturated heterocycles. The zero-order chi connectivity index (χ0) is 18.7. The number of carbonyl (C=O) groups excluding carboxylic acids is 2. The van der Waals surface area contributed by atoms with Crippen molar-refractivity contribution in [3.63, 3.8) is 0 Å². The molecule has 1 amide bonds. The van der Waals surface area contributed by atoms with Crippen LogP contribution < -0.4 is 16.0 Å². The maximum atomic E-state index is 12.5. The normalized spacial score (nSPS) is 21.3. The van der Waals surface area contributed by atoms with Crippen molar-refractivity contribution in [3.05, 3.63) is 34.6 Å². The van der Waals surface area contributed by atoms with E-state index in [1.54, 1.807) is 31.2 Å². The summed E-state index contributed by atoms with van der Waals surface area (Å²) in [5, 5.41) is 22.0. The molecule has 8 heteroatoms. The van der Waals surface area contributed by atoms with Gasteiger partial charge in [-0.1, -0.05) is 17.3 Å². The monoisotopic (exact) mass is 357 g/mol. The summed E-state index contributed by atoms with van der Waals surface area (Å²) in [4.78, 5) is 35.8. The van der Waals surface area contributed by atoms with Gasteiger partial charge in [0, 0.05) is 12.5 Å². The Morgan fingerprint density at radius 3 is 2.65 bits per heavy atom. The second-order valence-corrected chi connectivity index (χ2v) is 6.81. The average Bonchev–Trinajstić information content (AvgIpc) is 2.66. The zero-order valence-electron chi connectivity index (χ0n) is 14.6. The van der Waals surface area contributed by atoms with Crippen molar-refractivity contribution in [2.75, 3.05) is 6.54 Å². The molecule has 1 aliphatic carbocycles. The van der Waals surface area contributed by atoms with Crippen LogP contribution in [0.4, 0.5) is 0 Å². The van der Waals surface area contributed by atoms with Crippen LogP contribution in [0.3, 0.4) is 0 Å². The molecular weight excluding hydrogens is 336 g/mol. The SMILES string of the molecule is C[C@@H](C(=O)NCC1CCC(C(=O)[O-])CC1)n1nnc2ccccc2c1=O. The van der Waals surface area contributed by atoms with Crippen LogP contribution in [0.2, 0.25) is 0 Å². The summed E-state index contributed by atoms with van der Waals surface area (Å²) in [5.41, 5.74) is 0.138. The largest absolute Gasteiger partial charge is 0.550 e. The molecule has 1 aromatic carbocycles. The lowest BCUT2D eigenvalue weighted by Gasteiger charge is -2.29. The first-order chi connectivity index (χ1) is 12.5. The number of nitrogens with zero attached hydrogens (tertiary/aromatic N) is 3. The van der Waals surface area contributed by atoms with Gasteiger partial charge in [0.15, 0.2) is 0 Å². The predicted octanol–water partition coefficient (Wildman–Crippen LogP) is 0.0250. The van der Waals surface area contributed by atoms with Gasteiger partial charge in [0.2, 0.25) is 5.91 Å². The molecule has 1 saturated carbocycles. The Bertz CT molecular complexity index is 871. The molecule has 0 radical (unpaired) electrons. The Hall–Kier alpha value is -2.77. The molecule has 1 heterocycles. The predicted molar refractivity (Wildman–Crippen MR) is 92.0 cm³/mol. The first-order valence-corrected chi connectivity index (χ1v) is 8.80. The average molecular weight is 357 g/mol. The standard InChI is InChI=1S/C18H22N4O4/c1-11(22-17(24)14-4-2-3-5-15(14)20-21-22)16(23)19-10-12-6-8-13(9-7-12)18(25)26/h2-5,11-13H,6-10H2,1H3,(H,19,23)(H,25,26)/p-1/t11-,12?,13?/m0/s1. The molecule has 26 heavy (non-hydrogen) atoms. The third-order valence-corrected chi connectivity index (χ3v) is 5.08. The van der Waals surface area contributed by atoms with E-state index < -0.39 is 12.0 Å². The molecule has 2 aromatic rings. The fourth-order valence-electron chi connectivity index (χ4n) is 3.36. The summed E-state index contributed by atoms with van der Waals surface area (Å²) in [7, 11) is 0. The van der Waals surface area contributed by atoms with Crippen LogP contribution in [0.1, 0.15) is 38.6 Å². The molecule has 0 spiro atoms. The third kappa shape index (κ3) is 3.74. The van der Waals surface area contributed by atoms with E-state index in [2.05, 4.69) is 15.6 Å². The topological polar surface area (TPSA) is 117 Å². The van der Waals surface area contributed by atoms with Gasteiger partial charge in [-0.15, -0.1) is 5.10 Å². The Morgan fingerprint density at radius 2 is 1.96 bits per heavy atom. The third-order valence-electron chi connectivity index (χ3n) is 5.08. The fourth-order valence-corrected chi connectivity index (χ4v) is 3.36. The van der Waals surface area contributed by atoms with Crippen molar-refractivity contribution in [1.29, 1.82) is 0 Å². The maximum Gasteiger partial charge on any atom is 0.278 e. The number of carboxylic acid groups (broad SMARTS) is 1. The summed E-state index contributed by atoms with van der Waals surface area (Å²) in [6, 6.07) is 6.08. The van der Waals surface area contributed by atoms with E-state index >= 15 is 0 Å². The molecule has 0 unspecified atom stereocenters. The lowest BCUT2D eigenvalue weighted by molar-refractivity contribution is -0.312. The van der Waals surface area contributed by atoms with E-state index in [1.165, 1.54) is 0 Å². The number of rotatable bonds is 5. The quantitative estimate of drug-likeness (QED) is 0.806. The molecule has 8 nitrogen and oxygen atoms in total. The summed E-state index contributed by atoms with van der Waals surface area (Å²) >= 11 is 0. The van der Waals surface area contributed by atoms with E-state index in [1.807, 2.05) is 0 Å². The van der Waals surface area contributed by atoms with Crippen molar-refractivity contribution >= 4 is 22.8 Å². The number of carbonyl (C=O) groups is 2. The number of fused-ring (bicyclic) bond motifs is 1. The van der Waals surface area contributed by atoms with Crippen molar-refractivity contribution in [1.82, 2.24) is 20.3 Å². The van der Waals surface area contributed by atoms with Gasteiger partial charge >= 0.3 is 0 Å². The number of carboxylic acids is 1. The van der Waals surface area contributed by atoms with E-state index in [-0.39, 0.29) is 23.3 Å². The minimum Gasteiger partial charge on any atom is -0.550 e. The van der Waals surface area contributed by atoms with Crippen LogP contribution in [0, 0.1) is 11.8 Å². The highest BCUT2D eigenvalue weighted by molar-refractivity contribution is 5.81. The highest BCUT2D eigenvalue weighted by atomic mass is 16.4. The molecule has 1 atom stereocenters. The lowest BCUT2D eigenvalue weighted by Crippen LogP contribution is -2.40. The number of aliphatic carboxylic acids is 1. The smallest absolute Gasteiger partial charge is 0.278 e. The zero-order valence-corrected chi connectivity index (χ0v) is 14.6. The van der Waals surface area contributed by atoms with Crippen LogP contribution in [0.5, 0.6) is 0 Å². The molecule has 3 rings (SSSR count). The minimum atomic E-state index is -0.990. The molecule has 0 bridgehead atoms. The minimum absolute atomic E-state index is 0.237. The first-order valence-electron chi connectivity index (χ1n) is 8.80. The number of benzene rings is 1. The number of hydrogen-bond acceptors (Lipinski definition) is 6. The van der Waals surface area contributed by atoms with Crippen LogP contribution in [-0.2, 0) is 9.59 Å². The van der Waals surface area contributed by atoms with Gasteiger partial charge in [0.25, 0.3) is 5.56 Å². The summed E-state index contributed by atoms with van der Waals surface area (Å²) in [5.74, 6) is -1.44. The Balaban J connectivity index is 1.61. The van der Waals surface area contributed by atoms with Gasteiger partial charge in [-0.2, -0.15) is 4.68 Å². The number of amides is 1. The van der Waals surface area contributed by atoms with Crippen molar-refractivity contribution < 1.29 is 14.7 Å². The summed E-state index contributed by atoms with van der Waals surface area (Å²) < 4.78 is 1.09. The van der Waals surface area contributed by atoms with E-state index in [0.717, 1.165) is 17.5 Å². The van der Waals surface area contributed by atoms with Crippen molar-refractivity contribution in [2.45, 2.75) is 38.6 Å². The van der Waals surface area contributed by atoms with Gasteiger partial charge in [-0.05, 0) is 56.6 Å². The van der Waals surface area contributed by atoms with Gasteiger partial charge in [0.1, 0.15) is 11.6 Å². The van der Waals surface area contributed by atoms with Crippen LogP contribution in [0.25, 0.3) is 10.9 Å². The van der Waals surface area contributed by atoms with E-state index in [4.69, 9.17) is 0 Å². The molecule has 1 aliphatic rings. The Kier molecular flexibility index (Phi) is 5.29. The molecule has 1 fully saturated rings. The maximum absolute atomic E-state index is 12.5. The lowest BCUT2D eigenvalue weighted by atomic mass is 9.82. The first kappa shape index (κ1) is 18.0. The molecule has 138 valence electrons. The Morgan fingerprint density at radius 1 is 1.27 bits per heavy atom. The molecular formula is C18H21N4O4-. The molecule has 1 N–H and O–H groups in total. The number of hydrogen-bond donors (Lipinski definition) is 1. The van der Waals surface area contributed by atoms with Gasteiger partial charge in [0.05, 0.1) is 5.39 Å². The highest BCUT2D eigenvalue weighted by Crippen LogP contribution is 2.28. The number of nitrogens with one attached hydrogen (secondary N) is 1. The molecule has 0 aliphatic heterocycles. The second kappa shape index (κ2) is 7.63. The second-order valence-electron chi connectivity index (χ2n) is 6.81. The van der Waals surface area contributed by atoms with Crippen molar-refractivity contribution in [2.24, 2.45) is 11.8 Å². The van der Waals surface area contributed by atoms with Crippen LogP contribution in [0.15, 0.2) is 29.1 Å². The number of aromatic nitrogens is 3. The Labute approximate surface area is 150 Å². The van der Waals surface area contributed by atoms with Crippen LogP contribution >= 0.6 is 0 Å². The molecule has 1 aromatic heterocycles. The highest BCUT2D eigenvalue weighted by Gasteiger charge is 2.24. The summed E-state index contributed by atoms with van der Waals surface area (Å²) in [6.07, 6.45) is 2.63. The van der Waals surface area contributed by atoms with Gasteiger partial charge < -0.3 is 15.2 Å². The summed E-state index contributed by atoms with van der Waals surface area (Å²) in [6.45, 7) is 2.06. The van der Waals surface area contributed by atoms with Crippen molar-refractivity contribution in [3.8, 4) is 0 Å². The van der Waals surface area contributed by atoms with Gasteiger partial charge in [-0.3, -0.25) is 9.59 Å². The fraction of sp³-hybridized carbons (Fsp3) is 0.500. The van der Waals surface area contributed by atoms with E-state index in [0.29, 0.717) is 30.3 Å².